The molecule has 3 rings (SSSR count). The fraction of sp³-hybridized carbons (Fsp3) is 0.529. The summed E-state index contributed by atoms with van der Waals surface area (Å²) in [5, 5.41) is 3.33. The molecule has 124 valence electrons. The highest BCUT2D eigenvalue weighted by molar-refractivity contribution is 5.95. The molecule has 2 aliphatic heterocycles. The number of nitrogens with one attached hydrogen (secondary N) is 1. The molecule has 0 unspecified atom stereocenters. The second kappa shape index (κ2) is 6.58. The first-order valence-corrected chi connectivity index (χ1v) is 8.16. The highest BCUT2D eigenvalue weighted by Gasteiger charge is 2.45. The smallest absolute Gasteiger partial charge is 0.329 e. The molecule has 0 aromatic heterocycles. The molecule has 6 nitrogen and oxygen atoms in total. The predicted molar refractivity (Wildman–Crippen MR) is 88.1 cm³/mol. The fourth-order valence-corrected chi connectivity index (χ4v) is 3.45. The lowest BCUT2D eigenvalue weighted by Crippen LogP contribution is -2.47. The third-order valence-electron chi connectivity index (χ3n) is 4.64. The lowest BCUT2D eigenvalue weighted by molar-refractivity contribution is 0.146. The van der Waals surface area contributed by atoms with E-state index < -0.39 is 0 Å². The van der Waals surface area contributed by atoms with E-state index in [1.165, 1.54) is 9.80 Å². The molecule has 2 heterocycles. The van der Waals surface area contributed by atoms with E-state index in [0.29, 0.717) is 6.54 Å². The first-order chi connectivity index (χ1) is 11.1. The number of amides is 4. The van der Waals surface area contributed by atoms with Gasteiger partial charge in [-0.2, -0.15) is 0 Å². The van der Waals surface area contributed by atoms with Gasteiger partial charge in [-0.05, 0) is 31.5 Å². The topological polar surface area (TPSA) is 55.9 Å². The van der Waals surface area contributed by atoms with Crippen LogP contribution in [0.1, 0.15) is 24.4 Å². The Hall–Kier alpha value is -2.08. The van der Waals surface area contributed by atoms with Crippen LogP contribution in [-0.4, -0.2) is 66.5 Å². The SMILES string of the molecule is CN(C)C(=O)N1C[C@@H](c2ccccc2)N(C2CCNCC2)C1=O. The van der Waals surface area contributed by atoms with Crippen LogP contribution < -0.4 is 5.32 Å². The van der Waals surface area contributed by atoms with Crippen molar-refractivity contribution in [2.45, 2.75) is 24.9 Å². The van der Waals surface area contributed by atoms with E-state index in [1.54, 1.807) is 14.1 Å². The largest absolute Gasteiger partial charge is 0.330 e. The molecular weight excluding hydrogens is 292 g/mol. The Morgan fingerprint density at radius 2 is 1.83 bits per heavy atom. The van der Waals surface area contributed by atoms with Crippen LogP contribution in [0.25, 0.3) is 0 Å². The van der Waals surface area contributed by atoms with Gasteiger partial charge >= 0.3 is 12.1 Å². The normalized spacial score (nSPS) is 22.5. The van der Waals surface area contributed by atoms with E-state index in [9.17, 15) is 9.59 Å². The predicted octanol–water partition coefficient (Wildman–Crippen LogP) is 1.90. The molecule has 0 saturated carbocycles. The monoisotopic (exact) mass is 316 g/mol. The maximum Gasteiger partial charge on any atom is 0.329 e. The third kappa shape index (κ3) is 3.03. The van der Waals surface area contributed by atoms with E-state index in [2.05, 4.69) is 5.32 Å². The first-order valence-electron chi connectivity index (χ1n) is 8.16. The summed E-state index contributed by atoms with van der Waals surface area (Å²) in [6, 6.07) is 9.73. The summed E-state index contributed by atoms with van der Waals surface area (Å²) in [4.78, 5) is 30.0. The Morgan fingerprint density at radius 1 is 1.17 bits per heavy atom. The van der Waals surface area contributed by atoms with Crippen molar-refractivity contribution in [3.8, 4) is 0 Å². The van der Waals surface area contributed by atoms with Crippen LogP contribution in [0, 0.1) is 0 Å². The number of carbonyl (C=O) groups excluding carboxylic acids is 2. The first kappa shape index (κ1) is 15.8. The van der Waals surface area contributed by atoms with Crippen LogP contribution in [0.15, 0.2) is 30.3 Å². The van der Waals surface area contributed by atoms with Crippen molar-refractivity contribution in [1.82, 2.24) is 20.0 Å². The Labute approximate surface area is 137 Å². The molecule has 6 heteroatoms. The van der Waals surface area contributed by atoms with Gasteiger partial charge in [0, 0.05) is 20.1 Å². The van der Waals surface area contributed by atoms with E-state index in [4.69, 9.17) is 0 Å². The summed E-state index contributed by atoms with van der Waals surface area (Å²) in [5.41, 5.74) is 1.09. The van der Waals surface area contributed by atoms with Gasteiger partial charge in [-0.25, -0.2) is 14.5 Å². The third-order valence-corrected chi connectivity index (χ3v) is 4.64. The van der Waals surface area contributed by atoms with Gasteiger partial charge in [0.25, 0.3) is 0 Å². The number of carbonyl (C=O) groups is 2. The van der Waals surface area contributed by atoms with Crippen LogP contribution >= 0.6 is 0 Å². The average molecular weight is 316 g/mol. The summed E-state index contributed by atoms with van der Waals surface area (Å²) in [6.07, 6.45) is 1.86. The van der Waals surface area contributed by atoms with Gasteiger partial charge in [0.2, 0.25) is 0 Å². The van der Waals surface area contributed by atoms with Gasteiger partial charge in [-0.3, -0.25) is 0 Å². The molecule has 1 atom stereocenters. The Morgan fingerprint density at radius 3 is 2.43 bits per heavy atom. The van der Waals surface area contributed by atoms with Crippen LogP contribution in [0.4, 0.5) is 9.59 Å². The molecule has 1 N–H and O–H groups in total. The number of hydrogen-bond acceptors (Lipinski definition) is 3. The van der Waals surface area contributed by atoms with Crippen LogP contribution in [0.5, 0.6) is 0 Å². The second-order valence-corrected chi connectivity index (χ2v) is 6.39. The van der Waals surface area contributed by atoms with Crippen molar-refractivity contribution in [3.63, 3.8) is 0 Å². The molecule has 2 aliphatic rings. The molecule has 4 amide bonds. The highest BCUT2D eigenvalue weighted by atomic mass is 16.2. The molecule has 0 radical (unpaired) electrons. The summed E-state index contributed by atoms with van der Waals surface area (Å²) in [7, 11) is 3.36. The number of nitrogens with zero attached hydrogens (tertiary/aromatic N) is 3. The lowest BCUT2D eigenvalue weighted by atomic mass is 10.00. The minimum Gasteiger partial charge on any atom is -0.330 e. The molecule has 1 aromatic carbocycles. The van der Waals surface area contributed by atoms with Crippen molar-refractivity contribution >= 4 is 12.1 Å². The summed E-state index contributed by atoms with van der Waals surface area (Å²) in [6.45, 7) is 2.25. The van der Waals surface area contributed by atoms with Crippen molar-refractivity contribution in [2.75, 3.05) is 33.7 Å². The molecule has 0 aliphatic carbocycles. The van der Waals surface area contributed by atoms with Gasteiger partial charge < -0.3 is 15.1 Å². The molecular formula is C17H24N4O2. The van der Waals surface area contributed by atoms with Gasteiger partial charge in [0.15, 0.2) is 0 Å². The molecule has 2 saturated heterocycles. The number of rotatable bonds is 2. The summed E-state index contributed by atoms with van der Waals surface area (Å²) in [5.74, 6) is 0. The van der Waals surface area contributed by atoms with Gasteiger partial charge in [-0.1, -0.05) is 30.3 Å². The number of hydrogen-bond donors (Lipinski definition) is 1. The molecule has 0 spiro atoms. The van der Waals surface area contributed by atoms with Crippen LogP contribution in [0.3, 0.4) is 0 Å². The summed E-state index contributed by atoms with van der Waals surface area (Å²) >= 11 is 0. The van der Waals surface area contributed by atoms with E-state index in [1.807, 2.05) is 35.2 Å². The zero-order valence-electron chi connectivity index (χ0n) is 13.7. The van der Waals surface area contributed by atoms with Crippen molar-refractivity contribution < 1.29 is 9.59 Å². The van der Waals surface area contributed by atoms with E-state index in [-0.39, 0.29) is 24.1 Å². The zero-order valence-corrected chi connectivity index (χ0v) is 13.7. The van der Waals surface area contributed by atoms with Gasteiger partial charge in [0.1, 0.15) is 0 Å². The summed E-state index contributed by atoms with van der Waals surface area (Å²) < 4.78 is 0. The van der Waals surface area contributed by atoms with Crippen LogP contribution in [0.2, 0.25) is 0 Å². The fourth-order valence-electron chi connectivity index (χ4n) is 3.45. The van der Waals surface area contributed by atoms with Gasteiger partial charge in [0.05, 0.1) is 12.6 Å². The van der Waals surface area contributed by atoms with Gasteiger partial charge in [-0.15, -0.1) is 0 Å². The maximum atomic E-state index is 12.9. The second-order valence-electron chi connectivity index (χ2n) is 6.39. The molecule has 1 aromatic rings. The number of benzene rings is 1. The number of piperidine rings is 1. The Balaban J connectivity index is 1.91. The molecule has 2 fully saturated rings. The van der Waals surface area contributed by atoms with Crippen molar-refractivity contribution in [2.24, 2.45) is 0 Å². The Kier molecular flexibility index (Phi) is 4.52. The Bertz CT molecular complexity index is 569. The number of urea groups is 2. The quantitative estimate of drug-likeness (QED) is 0.906. The zero-order chi connectivity index (χ0) is 16.4. The molecule has 0 bridgehead atoms. The maximum absolute atomic E-state index is 12.9. The standard InChI is InChI=1S/C17H24N4O2/c1-19(2)16(22)20-12-15(13-6-4-3-5-7-13)21(17(20)23)14-8-10-18-11-9-14/h3-7,14-15,18H,8-12H2,1-2H3/t15-/m0/s1. The van der Waals surface area contributed by atoms with E-state index >= 15 is 0 Å². The molecule has 23 heavy (non-hydrogen) atoms. The highest BCUT2D eigenvalue weighted by Crippen LogP contribution is 2.34. The van der Waals surface area contributed by atoms with Crippen molar-refractivity contribution in [3.05, 3.63) is 35.9 Å². The number of imide groups is 1. The lowest BCUT2D eigenvalue weighted by Gasteiger charge is -2.35. The minimum absolute atomic E-state index is 0.0595. The van der Waals surface area contributed by atoms with E-state index in [0.717, 1.165) is 31.5 Å². The average Bonchev–Trinajstić information content (AvgIpc) is 2.93. The minimum atomic E-state index is -0.243. The van der Waals surface area contributed by atoms with Crippen LogP contribution in [-0.2, 0) is 0 Å². The van der Waals surface area contributed by atoms with Crippen molar-refractivity contribution in [1.29, 1.82) is 0 Å².